The van der Waals surface area contributed by atoms with E-state index in [1.807, 2.05) is 12.1 Å². The number of nitrogens with zero attached hydrogens (tertiary/aromatic N) is 2. The molecule has 0 radical (unpaired) electrons. The molecule has 0 unspecified atom stereocenters. The topological polar surface area (TPSA) is 90.9 Å². The van der Waals surface area contributed by atoms with Gasteiger partial charge in [-0.3, -0.25) is 14.9 Å². The van der Waals surface area contributed by atoms with Gasteiger partial charge in [0.2, 0.25) is 0 Å². The van der Waals surface area contributed by atoms with Gasteiger partial charge in [0, 0.05) is 34.4 Å². The quantitative estimate of drug-likeness (QED) is 0.662. The van der Waals surface area contributed by atoms with Gasteiger partial charge in [-0.2, -0.15) is 5.10 Å². The predicted octanol–water partition coefficient (Wildman–Crippen LogP) is 2.64. The van der Waals surface area contributed by atoms with Crippen LogP contribution in [0.4, 0.5) is 0 Å². The molecule has 132 valence electrons. The van der Waals surface area contributed by atoms with Crippen molar-refractivity contribution < 1.29 is 9.90 Å². The Hall–Kier alpha value is -2.44. The van der Waals surface area contributed by atoms with Gasteiger partial charge in [-0.05, 0) is 54.5 Å². The Balaban J connectivity index is 1.34. The second kappa shape index (κ2) is 5.53. The number of carbonyl (C=O) groups excluding carboxylic acids is 1. The molecule has 0 saturated heterocycles. The summed E-state index contributed by atoms with van der Waals surface area (Å²) in [5.41, 5.74) is 1.32. The maximum absolute atomic E-state index is 12.3. The Labute approximate surface area is 154 Å². The van der Waals surface area contributed by atoms with Crippen LogP contribution < -0.4 is 5.32 Å². The van der Waals surface area contributed by atoms with Crippen LogP contribution in [0.15, 0.2) is 42.9 Å². The first kappa shape index (κ1) is 15.8. The van der Waals surface area contributed by atoms with E-state index in [0.29, 0.717) is 23.4 Å². The first-order valence-corrected chi connectivity index (χ1v) is 8.99. The lowest BCUT2D eigenvalue weighted by molar-refractivity contribution is 0.0293. The third-order valence-corrected chi connectivity index (χ3v) is 5.96. The first-order valence-electron chi connectivity index (χ1n) is 8.61. The minimum atomic E-state index is -0.930. The fourth-order valence-corrected chi connectivity index (χ4v) is 4.66. The van der Waals surface area contributed by atoms with Gasteiger partial charge < -0.3 is 10.4 Å². The molecule has 1 amide bonds. The highest BCUT2D eigenvalue weighted by atomic mass is 35.5. The normalized spacial score (nSPS) is 29.5. The molecule has 2 saturated carbocycles. The lowest BCUT2D eigenvalue weighted by Gasteiger charge is -2.27. The van der Waals surface area contributed by atoms with Crippen LogP contribution in [0.25, 0.3) is 10.9 Å². The number of H-pyrrole nitrogens is 1. The van der Waals surface area contributed by atoms with Crippen LogP contribution in [-0.2, 0) is 5.60 Å². The fraction of sp³-hybridized carbons (Fsp3) is 0.316. The monoisotopic (exact) mass is 368 g/mol. The molecule has 0 spiro atoms. The van der Waals surface area contributed by atoms with Crippen LogP contribution >= 0.6 is 11.6 Å². The molecule has 0 bridgehead atoms. The van der Waals surface area contributed by atoms with Crippen LogP contribution in [-0.4, -0.2) is 32.2 Å². The molecule has 2 heterocycles. The zero-order valence-electron chi connectivity index (χ0n) is 13.8. The average molecular weight is 369 g/mol. The summed E-state index contributed by atoms with van der Waals surface area (Å²) < 4.78 is 0. The lowest BCUT2D eigenvalue weighted by Crippen LogP contribution is -2.33. The molecule has 1 aromatic carbocycles. The third kappa shape index (κ3) is 2.40. The largest absolute Gasteiger partial charge is 0.385 e. The molecule has 26 heavy (non-hydrogen) atoms. The summed E-state index contributed by atoms with van der Waals surface area (Å²) in [6.45, 7) is 0. The number of benzene rings is 1. The number of halogens is 1. The lowest BCUT2D eigenvalue weighted by atomic mass is 9.86. The van der Waals surface area contributed by atoms with E-state index >= 15 is 0 Å². The highest BCUT2D eigenvalue weighted by molar-refractivity contribution is 6.31. The number of pyridine rings is 1. The van der Waals surface area contributed by atoms with Crippen molar-refractivity contribution in [3.63, 3.8) is 0 Å². The molecule has 5 rings (SSSR count). The first-order chi connectivity index (χ1) is 12.5. The zero-order valence-corrected chi connectivity index (χ0v) is 14.6. The minimum absolute atomic E-state index is 0.0877. The number of hydrogen-bond donors (Lipinski definition) is 3. The van der Waals surface area contributed by atoms with E-state index in [2.05, 4.69) is 20.5 Å². The molecule has 2 aliphatic carbocycles. The molecule has 6 nitrogen and oxygen atoms in total. The van der Waals surface area contributed by atoms with Crippen LogP contribution in [0.1, 0.15) is 28.8 Å². The van der Waals surface area contributed by atoms with Crippen molar-refractivity contribution in [2.75, 3.05) is 0 Å². The third-order valence-electron chi connectivity index (χ3n) is 5.74. The summed E-state index contributed by atoms with van der Waals surface area (Å²) in [6, 6.07) is 7.16. The van der Waals surface area contributed by atoms with Crippen molar-refractivity contribution in [3.05, 3.63) is 59.0 Å². The highest BCUT2D eigenvalue weighted by Crippen LogP contribution is 2.60. The Morgan fingerprint density at radius 1 is 1.27 bits per heavy atom. The number of nitrogens with one attached hydrogen (secondary N) is 2. The summed E-state index contributed by atoms with van der Waals surface area (Å²) >= 11 is 6.21. The van der Waals surface area contributed by atoms with Gasteiger partial charge in [-0.15, -0.1) is 0 Å². The number of hydrogen-bond acceptors (Lipinski definition) is 4. The number of amides is 1. The van der Waals surface area contributed by atoms with Crippen LogP contribution in [0.3, 0.4) is 0 Å². The van der Waals surface area contributed by atoms with Gasteiger partial charge in [-0.1, -0.05) is 11.6 Å². The number of fused-ring (bicyclic) bond motifs is 2. The summed E-state index contributed by atoms with van der Waals surface area (Å²) in [5, 5.41) is 22.8. The summed E-state index contributed by atoms with van der Waals surface area (Å²) in [4.78, 5) is 16.2. The number of aliphatic hydroxyl groups is 1. The Kier molecular flexibility index (Phi) is 3.36. The van der Waals surface area contributed by atoms with Crippen molar-refractivity contribution in [1.29, 1.82) is 0 Å². The molecule has 2 aliphatic rings. The van der Waals surface area contributed by atoms with Gasteiger partial charge in [0.15, 0.2) is 0 Å². The fourth-order valence-electron chi connectivity index (χ4n) is 4.44. The summed E-state index contributed by atoms with van der Waals surface area (Å²) in [7, 11) is 0. The number of rotatable bonds is 3. The van der Waals surface area contributed by atoms with E-state index in [-0.39, 0.29) is 23.8 Å². The Morgan fingerprint density at radius 3 is 2.73 bits per heavy atom. The SMILES string of the molecule is O=C(N[C@H]1[C@@H]2C[C@](O)(c3cc(Cl)cc4[nH]ncc34)C[C@@H]21)c1ccncc1. The molecular formula is C19H17ClN4O2. The summed E-state index contributed by atoms with van der Waals surface area (Å²) in [6.07, 6.45) is 6.16. The standard InChI is InChI=1S/C19H17ClN4O2/c20-11-5-15(14-9-22-24-16(14)6-11)19(26)7-12-13(8-19)17(12)23-18(25)10-1-3-21-4-2-10/h1-6,9,12-13,17,26H,7-8H2,(H,22,24)(H,23,25)/t12-,13+,17+,19-. The van der Waals surface area contributed by atoms with Crippen molar-refractivity contribution >= 4 is 28.4 Å². The van der Waals surface area contributed by atoms with Crippen LogP contribution in [0.2, 0.25) is 5.02 Å². The molecule has 3 aromatic rings. The molecular weight excluding hydrogens is 352 g/mol. The highest BCUT2D eigenvalue weighted by Gasteiger charge is 2.62. The van der Waals surface area contributed by atoms with Gasteiger partial charge in [0.25, 0.3) is 5.91 Å². The van der Waals surface area contributed by atoms with Gasteiger partial charge >= 0.3 is 0 Å². The van der Waals surface area contributed by atoms with Crippen molar-refractivity contribution in [1.82, 2.24) is 20.5 Å². The van der Waals surface area contributed by atoms with E-state index < -0.39 is 5.60 Å². The van der Waals surface area contributed by atoms with Gasteiger partial charge in [0.1, 0.15) is 0 Å². The van der Waals surface area contributed by atoms with Crippen molar-refractivity contribution in [2.45, 2.75) is 24.5 Å². The molecule has 2 aromatic heterocycles. The molecule has 2 fully saturated rings. The maximum atomic E-state index is 12.3. The van der Waals surface area contributed by atoms with E-state index in [4.69, 9.17) is 11.6 Å². The maximum Gasteiger partial charge on any atom is 0.251 e. The Bertz CT molecular complexity index is 991. The van der Waals surface area contributed by atoms with Crippen LogP contribution in [0, 0.1) is 11.8 Å². The second-order valence-corrected chi connectivity index (χ2v) is 7.72. The number of aromatic nitrogens is 3. The smallest absolute Gasteiger partial charge is 0.251 e. The second-order valence-electron chi connectivity index (χ2n) is 7.29. The minimum Gasteiger partial charge on any atom is -0.385 e. The van der Waals surface area contributed by atoms with E-state index in [1.165, 1.54) is 0 Å². The molecule has 7 heteroatoms. The number of carbonyl (C=O) groups is 1. The van der Waals surface area contributed by atoms with Gasteiger partial charge in [-0.25, -0.2) is 0 Å². The molecule has 3 N–H and O–H groups in total. The Morgan fingerprint density at radius 2 is 2.00 bits per heavy atom. The van der Waals surface area contributed by atoms with E-state index in [9.17, 15) is 9.90 Å². The number of aromatic amines is 1. The predicted molar refractivity (Wildman–Crippen MR) is 96.7 cm³/mol. The van der Waals surface area contributed by atoms with Crippen molar-refractivity contribution in [2.24, 2.45) is 11.8 Å². The summed E-state index contributed by atoms with van der Waals surface area (Å²) in [5.74, 6) is 0.480. The van der Waals surface area contributed by atoms with Gasteiger partial charge in [0.05, 0.1) is 17.3 Å². The van der Waals surface area contributed by atoms with E-state index in [0.717, 1.165) is 16.5 Å². The molecule has 4 atom stereocenters. The zero-order chi connectivity index (χ0) is 17.9. The van der Waals surface area contributed by atoms with Crippen LogP contribution in [0.5, 0.6) is 0 Å². The van der Waals surface area contributed by atoms with Crippen molar-refractivity contribution in [3.8, 4) is 0 Å². The van der Waals surface area contributed by atoms with E-state index in [1.54, 1.807) is 30.7 Å². The molecule has 0 aliphatic heterocycles. The average Bonchev–Trinajstić information content (AvgIpc) is 3.01.